The van der Waals surface area contributed by atoms with Crippen LogP contribution < -0.4 is 11.1 Å². The van der Waals surface area contributed by atoms with Gasteiger partial charge in [0.1, 0.15) is 0 Å². The fraction of sp³-hybridized carbons (Fsp3) is 0.353. The molecule has 3 nitrogen and oxygen atoms in total. The Morgan fingerprint density at radius 1 is 1.15 bits per heavy atom. The van der Waals surface area contributed by atoms with E-state index in [-0.39, 0.29) is 0 Å². The van der Waals surface area contributed by atoms with Crippen molar-refractivity contribution in [3.05, 3.63) is 58.9 Å². The van der Waals surface area contributed by atoms with Gasteiger partial charge in [-0.05, 0) is 50.9 Å². The van der Waals surface area contributed by atoms with Crippen LogP contribution in [0, 0.1) is 13.8 Å². The molecule has 0 saturated heterocycles. The first-order valence-electron chi connectivity index (χ1n) is 7.01. The zero-order valence-corrected chi connectivity index (χ0v) is 12.5. The number of hydrogen-bond acceptors (Lipinski definition) is 3. The molecule has 3 heteroatoms. The molecule has 20 heavy (non-hydrogen) atoms. The summed E-state index contributed by atoms with van der Waals surface area (Å²) in [6.45, 7) is 4.29. The van der Waals surface area contributed by atoms with E-state index in [2.05, 4.69) is 42.3 Å². The van der Waals surface area contributed by atoms with Crippen LogP contribution in [0.4, 0.5) is 5.69 Å². The minimum Gasteiger partial charge on any atom is -0.398 e. The molecule has 2 rings (SSSR count). The second-order valence-corrected chi connectivity index (χ2v) is 5.46. The third-order valence-corrected chi connectivity index (χ3v) is 3.58. The number of benzene rings is 1. The molecule has 1 aromatic heterocycles. The predicted molar refractivity (Wildman–Crippen MR) is 84.8 cm³/mol. The number of aromatic nitrogens is 1. The van der Waals surface area contributed by atoms with Crippen molar-refractivity contribution in [1.82, 2.24) is 10.3 Å². The quantitative estimate of drug-likeness (QED) is 0.877. The summed E-state index contributed by atoms with van der Waals surface area (Å²) in [5, 5.41) is 3.38. The number of nitrogen functional groups attached to an aromatic ring is 1. The van der Waals surface area contributed by atoms with Crippen molar-refractivity contribution in [2.75, 3.05) is 12.8 Å². The van der Waals surface area contributed by atoms with Gasteiger partial charge in [-0.1, -0.05) is 29.3 Å². The molecular weight excluding hydrogens is 246 g/mol. The van der Waals surface area contributed by atoms with E-state index >= 15 is 0 Å². The fourth-order valence-electron chi connectivity index (χ4n) is 2.62. The first-order chi connectivity index (χ1) is 9.58. The standard InChI is InChI=1S/C17H23N3/c1-12-6-13(2)8-14(7-12)9-16(19-3)10-15-11-20-5-4-17(15)18/h4-8,11,16,19H,9-10H2,1-3H3,(H2,18,20). The molecule has 0 bridgehead atoms. The second-order valence-electron chi connectivity index (χ2n) is 5.46. The Kier molecular flexibility index (Phi) is 4.74. The Hall–Kier alpha value is -1.87. The van der Waals surface area contributed by atoms with Crippen LogP contribution in [0.2, 0.25) is 0 Å². The van der Waals surface area contributed by atoms with E-state index in [1.807, 2.05) is 19.3 Å². The van der Waals surface area contributed by atoms with Crippen molar-refractivity contribution in [1.29, 1.82) is 0 Å². The number of aryl methyl sites for hydroxylation is 2. The molecule has 1 atom stereocenters. The summed E-state index contributed by atoms with van der Waals surface area (Å²) in [6, 6.07) is 8.94. The van der Waals surface area contributed by atoms with Gasteiger partial charge < -0.3 is 11.1 Å². The number of anilines is 1. The molecule has 1 heterocycles. The van der Waals surface area contributed by atoms with Crippen LogP contribution in [0.3, 0.4) is 0 Å². The van der Waals surface area contributed by atoms with Crippen LogP contribution in [0.25, 0.3) is 0 Å². The zero-order valence-electron chi connectivity index (χ0n) is 12.5. The highest BCUT2D eigenvalue weighted by Crippen LogP contribution is 2.15. The van der Waals surface area contributed by atoms with Gasteiger partial charge in [0.25, 0.3) is 0 Å². The summed E-state index contributed by atoms with van der Waals surface area (Å²) in [5.74, 6) is 0. The number of rotatable bonds is 5. The van der Waals surface area contributed by atoms with Crippen LogP contribution in [0.5, 0.6) is 0 Å². The van der Waals surface area contributed by atoms with E-state index in [0.717, 1.165) is 24.1 Å². The number of nitrogens with one attached hydrogen (secondary N) is 1. The summed E-state index contributed by atoms with van der Waals surface area (Å²) in [7, 11) is 2.00. The Bertz CT molecular complexity index is 558. The molecule has 3 N–H and O–H groups in total. The molecule has 0 aliphatic rings. The molecule has 1 unspecified atom stereocenters. The van der Waals surface area contributed by atoms with Gasteiger partial charge in [-0.15, -0.1) is 0 Å². The maximum atomic E-state index is 6.00. The molecule has 0 radical (unpaired) electrons. The number of nitrogens with zero attached hydrogens (tertiary/aromatic N) is 1. The second kappa shape index (κ2) is 6.53. The van der Waals surface area contributed by atoms with Gasteiger partial charge in [-0.2, -0.15) is 0 Å². The zero-order chi connectivity index (χ0) is 14.5. The van der Waals surface area contributed by atoms with Crippen LogP contribution in [0.15, 0.2) is 36.7 Å². The van der Waals surface area contributed by atoms with Gasteiger partial charge in [0.2, 0.25) is 0 Å². The normalized spacial score (nSPS) is 12.3. The lowest BCUT2D eigenvalue weighted by atomic mass is 9.97. The molecule has 0 saturated carbocycles. The Morgan fingerprint density at radius 2 is 1.85 bits per heavy atom. The molecule has 0 fully saturated rings. The van der Waals surface area contributed by atoms with Crippen molar-refractivity contribution in [2.45, 2.75) is 32.7 Å². The molecule has 0 aliphatic carbocycles. The summed E-state index contributed by atoms with van der Waals surface area (Å²) >= 11 is 0. The molecule has 1 aromatic carbocycles. The SMILES string of the molecule is CNC(Cc1cc(C)cc(C)c1)Cc1cnccc1N. The van der Waals surface area contributed by atoms with Crippen molar-refractivity contribution >= 4 is 5.69 Å². The maximum absolute atomic E-state index is 6.00. The molecule has 0 spiro atoms. The fourth-order valence-corrected chi connectivity index (χ4v) is 2.62. The predicted octanol–water partition coefficient (Wildman–Crippen LogP) is 2.65. The van der Waals surface area contributed by atoms with Gasteiger partial charge in [0.15, 0.2) is 0 Å². The van der Waals surface area contributed by atoms with Crippen LogP contribution in [-0.4, -0.2) is 18.1 Å². The smallest absolute Gasteiger partial charge is 0.0378 e. The van der Waals surface area contributed by atoms with Crippen LogP contribution >= 0.6 is 0 Å². The lowest BCUT2D eigenvalue weighted by Crippen LogP contribution is -2.30. The highest BCUT2D eigenvalue weighted by atomic mass is 14.9. The van der Waals surface area contributed by atoms with Crippen molar-refractivity contribution in [3.63, 3.8) is 0 Å². The van der Waals surface area contributed by atoms with Crippen LogP contribution in [-0.2, 0) is 12.8 Å². The van der Waals surface area contributed by atoms with Crippen molar-refractivity contribution in [3.8, 4) is 0 Å². The highest BCUT2D eigenvalue weighted by molar-refractivity contribution is 5.44. The van der Waals surface area contributed by atoms with E-state index in [1.54, 1.807) is 6.20 Å². The largest absolute Gasteiger partial charge is 0.398 e. The molecule has 0 amide bonds. The highest BCUT2D eigenvalue weighted by Gasteiger charge is 2.11. The molecule has 2 aromatic rings. The van der Waals surface area contributed by atoms with Gasteiger partial charge in [0.05, 0.1) is 0 Å². The Balaban J connectivity index is 2.11. The maximum Gasteiger partial charge on any atom is 0.0378 e. The van der Waals surface area contributed by atoms with Crippen molar-refractivity contribution < 1.29 is 0 Å². The molecule has 106 valence electrons. The van der Waals surface area contributed by atoms with Crippen molar-refractivity contribution in [2.24, 2.45) is 0 Å². The summed E-state index contributed by atoms with van der Waals surface area (Å²) in [6.07, 6.45) is 5.48. The minimum absolute atomic E-state index is 0.364. The lowest BCUT2D eigenvalue weighted by Gasteiger charge is -2.18. The number of nitrogens with two attached hydrogens (primary N) is 1. The molecule has 0 aliphatic heterocycles. The Morgan fingerprint density at radius 3 is 2.45 bits per heavy atom. The van der Waals surface area contributed by atoms with Gasteiger partial charge in [-0.25, -0.2) is 0 Å². The lowest BCUT2D eigenvalue weighted by molar-refractivity contribution is 0.556. The number of pyridine rings is 1. The summed E-state index contributed by atoms with van der Waals surface area (Å²) < 4.78 is 0. The molecular formula is C17H23N3. The first kappa shape index (κ1) is 14.5. The van der Waals surface area contributed by atoms with E-state index in [4.69, 9.17) is 5.73 Å². The van der Waals surface area contributed by atoms with Gasteiger partial charge in [0, 0.05) is 24.1 Å². The third kappa shape index (κ3) is 3.81. The summed E-state index contributed by atoms with van der Waals surface area (Å²) in [4.78, 5) is 4.16. The average Bonchev–Trinajstić information content (AvgIpc) is 2.39. The third-order valence-electron chi connectivity index (χ3n) is 3.58. The van der Waals surface area contributed by atoms with E-state index in [0.29, 0.717) is 6.04 Å². The topological polar surface area (TPSA) is 50.9 Å². The average molecular weight is 269 g/mol. The minimum atomic E-state index is 0.364. The van der Waals surface area contributed by atoms with Gasteiger partial charge >= 0.3 is 0 Å². The first-order valence-corrected chi connectivity index (χ1v) is 7.01. The van der Waals surface area contributed by atoms with Crippen LogP contribution in [0.1, 0.15) is 22.3 Å². The Labute approximate surface area is 121 Å². The number of hydrogen-bond donors (Lipinski definition) is 2. The monoisotopic (exact) mass is 269 g/mol. The van der Waals surface area contributed by atoms with Gasteiger partial charge in [-0.3, -0.25) is 4.98 Å². The summed E-state index contributed by atoms with van der Waals surface area (Å²) in [5.41, 5.74) is 11.9. The van der Waals surface area contributed by atoms with E-state index in [9.17, 15) is 0 Å². The van der Waals surface area contributed by atoms with E-state index < -0.39 is 0 Å². The number of likely N-dealkylation sites (N-methyl/N-ethyl adjacent to an activating group) is 1. The van der Waals surface area contributed by atoms with E-state index in [1.165, 1.54) is 16.7 Å².